The molecule has 0 saturated carbocycles. The Kier molecular flexibility index (Phi) is 4.95. The Labute approximate surface area is 166 Å². The van der Waals surface area contributed by atoms with Gasteiger partial charge in [-0.2, -0.15) is 10.1 Å². The number of hydrogen-bond acceptors (Lipinski definition) is 6. The highest BCUT2D eigenvalue weighted by Gasteiger charge is 2.27. The van der Waals surface area contributed by atoms with E-state index in [1.54, 1.807) is 4.68 Å². The van der Waals surface area contributed by atoms with Crippen molar-refractivity contribution in [3.05, 3.63) is 28.7 Å². The van der Waals surface area contributed by atoms with E-state index in [1.165, 1.54) is 12.8 Å². The van der Waals surface area contributed by atoms with Gasteiger partial charge in [-0.3, -0.25) is 9.48 Å². The molecule has 150 valence electrons. The summed E-state index contributed by atoms with van der Waals surface area (Å²) in [7, 11) is 1.88. The average molecular weight is 384 g/mol. The number of piperazine rings is 1. The van der Waals surface area contributed by atoms with E-state index in [9.17, 15) is 4.79 Å². The van der Waals surface area contributed by atoms with Crippen molar-refractivity contribution in [1.82, 2.24) is 24.6 Å². The second-order valence-corrected chi connectivity index (χ2v) is 7.81. The molecular formula is C20H29N7O. The maximum atomic E-state index is 13.0. The molecule has 0 aliphatic carbocycles. The Hall–Kier alpha value is -2.64. The number of aryl methyl sites for hydroxylation is 3. The number of aromatic nitrogens is 4. The van der Waals surface area contributed by atoms with Crippen molar-refractivity contribution in [2.24, 2.45) is 7.05 Å². The second kappa shape index (κ2) is 7.41. The van der Waals surface area contributed by atoms with E-state index in [4.69, 9.17) is 4.98 Å². The maximum absolute atomic E-state index is 13.0. The van der Waals surface area contributed by atoms with Crippen LogP contribution in [0.2, 0.25) is 0 Å². The maximum Gasteiger partial charge on any atom is 0.257 e. The summed E-state index contributed by atoms with van der Waals surface area (Å²) in [6.45, 7) is 10.8. The van der Waals surface area contributed by atoms with E-state index in [-0.39, 0.29) is 5.91 Å². The van der Waals surface area contributed by atoms with Gasteiger partial charge in [0.1, 0.15) is 5.82 Å². The lowest BCUT2D eigenvalue weighted by Gasteiger charge is -2.35. The fraction of sp³-hybridized carbons (Fsp3) is 0.600. The molecule has 2 fully saturated rings. The molecule has 2 saturated heterocycles. The van der Waals surface area contributed by atoms with E-state index in [0.29, 0.717) is 13.1 Å². The first kappa shape index (κ1) is 18.7. The van der Waals surface area contributed by atoms with Gasteiger partial charge in [0.2, 0.25) is 5.95 Å². The molecule has 1 amide bonds. The molecule has 2 aromatic heterocycles. The van der Waals surface area contributed by atoms with E-state index in [2.05, 4.69) is 25.9 Å². The Bertz CT molecular complexity index is 877. The summed E-state index contributed by atoms with van der Waals surface area (Å²) in [5, 5.41) is 4.38. The van der Waals surface area contributed by atoms with Crippen molar-refractivity contribution in [2.75, 3.05) is 49.1 Å². The van der Waals surface area contributed by atoms with Crippen LogP contribution < -0.4 is 9.80 Å². The third kappa shape index (κ3) is 3.43. The van der Waals surface area contributed by atoms with Crippen molar-refractivity contribution in [1.29, 1.82) is 0 Å². The molecule has 0 unspecified atom stereocenters. The van der Waals surface area contributed by atoms with E-state index >= 15 is 0 Å². The summed E-state index contributed by atoms with van der Waals surface area (Å²) in [6, 6.07) is 2.07. The number of carbonyl (C=O) groups is 1. The van der Waals surface area contributed by atoms with Gasteiger partial charge in [0.15, 0.2) is 0 Å². The predicted molar refractivity (Wildman–Crippen MR) is 109 cm³/mol. The molecule has 2 aliphatic rings. The van der Waals surface area contributed by atoms with Crippen molar-refractivity contribution < 1.29 is 4.79 Å². The van der Waals surface area contributed by atoms with Crippen LogP contribution in [0, 0.1) is 20.8 Å². The van der Waals surface area contributed by atoms with Gasteiger partial charge in [0, 0.05) is 63.8 Å². The Morgan fingerprint density at radius 3 is 2.21 bits per heavy atom. The Morgan fingerprint density at radius 1 is 0.929 bits per heavy atom. The van der Waals surface area contributed by atoms with Gasteiger partial charge < -0.3 is 14.7 Å². The molecule has 2 aliphatic heterocycles. The summed E-state index contributed by atoms with van der Waals surface area (Å²) in [5.41, 5.74) is 3.44. The van der Waals surface area contributed by atoms with Crippen molar-refractivity contribution in [3.63, 3.8) is 0 Å². The number of anilines is 2. The molecule has 0 N–H and O–H groups in total. The van der Waals surface area contributed by atoms with Gasteiger partial charge in [0.25, 0.3) is 5.91 Å². The molecular weight excluding hydrogens is 354 g/mol. The van der Waals surface area contributed by atoms with Crippen LogP contribution in [0.25, 0.3) is 0 Å². The van der Waals surface area contributed by atoms with Gasteiger partial charge in [-0.15, -0.1) is 0 Å². The molecule has 28 heavy (non-hydrogen) atoms. The predicted octanol–water partition coefficient (Wildman–Crippen LogP) is 1.70. The lowest BCUT2D eigenvalue weighted by atomic mass is 10.1. The van der Waals surface area contributed by atoms with Crippen molar-refractivity contribution >= 4 is 17.7 Å². The minimum Gasteiger partial charge on any atom is -0.356 e. The largest absolute Gasteiger partial charge is 0.356 e. The van der Waals surface area contributed by atoms with Gasteiger partial charge in [0.05, 0.1) is 11.3 Å². The van der Waals surface area contributed by atoms with Crippen LogP contribution in [-0.4, -0.2) is 69.8 Å². The summed E-state index contributed by atoms with van der Waals surface area (Å²) in [4.78, 5) is 28.9. The molecule has 0 bridgehead atoms. The van der Waals surface area contributed by atoms with Crippen LogP contribution >= 0.6 is 0 Å². The quantitative estimate of drug-likeness (QED) is 0.803. The highest BCUT2D eigenvalue weighted by atomic mass is 16.2. The number of nitrogens with zero attached hydrogens (tertiary/aromatic N) is 7. The second-order valence-electron chi connectivity index (χ2n) is 7.81. The van der Waals surface area contributed by atoms with Crippen molar-refractivity contribution in [3.8, 4) is 0 Å². The summed E-state index contributed by atoms with van der Waals surface area (Å²) >= 11 is 0. The summed E-state index contributed by atoms with van der Waals surface area (Å²) < 4.78 is 1.78. The lowest BCUT2D eigenvalue weighted by Crippen LogP contribution is -2.49. The zero-order valence-electron chi connectivity index (χ0n) is 17.3. The van der Waals surface area contributed by atoms with Crippen LogP contribution in [0.5, 0.6) is 0 Å². The molecule has 8 heteroatoms. The summed E-state index contributed by atoms with van der Waals surface area (Å²) in [6.07, 6.45) is 2.46. The normalized spacial score (nSPS) is 17.5. The monoisotopic (exact) mass is 383 g/mol. The molecule has 2 aromatic rings. The summed E-state index contributed by atoms with van der Waals surface area (Å²) in [5.74, 6) is 1.88. The third-order valence-corrected chi connectivity index (χ3v) is 5.83. The van der Waals surface area contributed by atoms with E-state index < -0.39 is 0 Å². The molecule has 0 aromatic carbocycles. The molecule has 8 nitrogen and oxygen atoms in total. The molecule has 4 heterocycles. The van der Waals surface area contributed by atoms with Gasteiger partial charge in [-0.1, -0.05) is 0 Å². The zero-order valence-corrected chi connectivity index (χ0v) is 17.3. The minimum absolute atomic E-state index is 0.0747. The number of rotatable bonds is 3. The minimum atomic E-state index is 0.0747. The standard InChI is InChI=1S/C20H29N7O/c1-14-13-17(25-7-5-6-8-25)22-20(21-14)27-11-9-26(10-12-27)19(28)18-15(2)23-24(4)16(18)3/h13H,5-12H2,1-4H3. The highest BCUT2D eigenvalue weighted by Crippen LogP contribution is 2.23. The Balaban J connectivity index is 1.46. The third-order valence-electron chi connectivity index (χ3n) is 5.83. The SMILES string of the molecule is Cc1cc(N2CCCC2)nc(N2CCN(C(=O)c3c(C)nn(C)c3C)CC2)n1. The molecule has 0 radical (unpaired) electrons. The van der Waals surface area contributed by atoms with Gasteiger partial charge >= 0.3 is 0 Å². The van der Waals surface area contributed by atoms with Crippen LogP contribution in [0.3, 0.4) is 0 Å². The van der Waals surface area contributed by atoms with Crippen LogP contribution in [0.1, 0.15) is 40.3 Å². The van der Waals surface area contributed by atoms with Gasteiger partial charge in [-0.25, -0.2) is 4.98 Å². The first-order valence-corrected chi connectivity index (χ1v) is 10.1. The number of amides is 1. The highest BCUT2D eigenvalue weighted by molar-refractivity contribution is 5.96. The van der Waals surface area contributed by atoms with Crippen LogP contribution in [0.15, 0.2) is 6.07 Å². The topological polar surface area (TPSA) is 70.4 Å². The zero-order chi connectivity index (χ0) is 19.8. The van der Waals surface area contributed by atoms with Gasteiger partial charge in [-0.05, 0) is 33.6 Å². The fourth-order valence-corrected chi connectivity index (χ4v) is 4.14. The first-order valence-electron chi connectivity index (χ1n) is 10.1. The van der Waals surface area contributed by atoms with Crippen molar-refractivity contribution in [2.45, 2.75) is 33.6 Å². The smallest absolute Gasteiger partial charge is 0.257 e. The van der Waals surface area contributed by atoms with E-state index in [0.717, 1.165) is 60.6 Å². The van der Waals surface area contributed by atoms with Crippen LogP contribution in [0.4, 0.5) is 11.8 Å². The molecule has 4 rings (SSSR count). The molecule has 0 spiro atoms. The average Bonchev–Trinajstić information content (AvgIpc) is 3.30. The first-order chi connectivity index (χ1) is 13.4. The number of hydrogen-bond donors (Lipinski definition) is 0. The molecule has 0 atom stereocenters. The van der Waals surface area contributed by atoms with Crippen LogP contribution in [-0.2, 0) is 7.05 Å². The lowest BCUT2D eigenvalue weighted by molar-refractivity contribution is 0.0744. The Morgan fingerprint density at radius 2 is 1.61 bits per heavy atom. The number of carbonyl (C=O) groups excluding carboxylic acids is 1. The van der Waals surface area contributed by atoms with E-state index in [1.807, 2.05) is 32.7 Å². The fourth-order valence-electron chi connectivity index (χ4n) is 4.14.